The van der Waals surface area contributed by atoms with Gasteiger partial charge in [0.15, 0.2) is 0 Å². The molecular weight excluding hydrogens is 392 g/mol. The van der Waals surface area contributed by atoms with Crippen molar-refractivity contribution in [2.75, 3.05) is 24.7 Å². The molecule has 2 heterocycles. The molecule has 1 aliphatic heterocycles. The van der Waals surface area contributed by atoms with Crippen molar-refractivity contribution in [2.45, 2.75) is 44.7 Å². The van der Waals surface area contributed by atoms with E-state index in [-0.39, 0.29) is 11.9 Å². The molecule has 2 N–H and O–H groups in total. The quantitative estimate of drug-likeness (QED) is 0.557. The van der Waals surface area contributed by atoms with Crippen molar-refractivity contribution in [3.8, 4) is 0 Å². The lowest BCUT2D eigenvalue weighted by molar-refractivity contribution is -0.936. The van der Waals surface area contributed by atoms with Gasteiger partial charge < -0.3 is 15.0 Å². The van der Waals surface area contributed by atoms with E-state index in [1.54, 1.807) is 11.8 Å². The number of esters is 1. The summed E-state index contributed by atoms with van der Waals surface area (Å²) < 4.78 is 5.01. The van der Waals surface area contributed by atoms with E-state index >= 15 is 0 Å². The summed E-state index contributed by atoms with van der Waals surface area (Å²) in [7, 11) is 1.39. The molecular formula is C21H27N2O3S2+. The molecule has 1 atom stereocenters. The fourth-order valence-corrected chi connectivity index (χ4v) is 5.39. The van der Waals surface area contributed by atoms with Crippen LogP contribution in [0.15, 0.2) is 29.2 Å². The number of thiophene rings is 1. The molecule has 5 nitrogen and oxygen atoms in total. The zero-order valence-electron chi connectivity index (χ0n) is 16.8. The molecule has 1 aromatic carbocycles. The average molecular weight is 420 g/mol. The minimum absolute atomic E-state index is 0.204. The molecule has 0 saturated heterocycles. The SMILES string of the molecule is CCSc1ccc(C(=O)Nc2sc3c(c2C(=O)OC)CC[NH+](C(C)C)C3)cc1. The van der Waals surface area contributed by atoms with Gasteiger partial charge in [0, 0.05) is 16.9 Å². The summed E-state index contributed by atoms with van der Waals surface area (Å²) in [5, 5.41) is 3.55. The third-order valence-electron chi connectivity index (χ3n) is 5.04. The molecule has 1 amide bonds. The summed E-state index contributed by atoms with van der Waals surface area (Å²) in [6, 6.07) is 8.07. The maximum absolute atomic E-state index is 12.8. The van der Waals surface area contributed by atoms with Crippen LogP contribution >= 0.6 is 23.1 Å². The Morgan fingerprint density at radius 2 is 2.00 bits per heavy atom. The number of fused-ring (bicyclic) bond motifs is 1. The molecule has 0 radical (unpaired) electrons. The number of nitrogens with one attached hydrogen (secondary N) is 2. The molecule has 2 aromatic rings. The molecule has 7 heteroatoms. The normalized spacial score (nSPS) is 16.0. The van der Waals surface area contributed by atoms with E-state index in [4.69, 9.17) is 4.74 Å². The molecule has 3 rings (SSSR count). The van der Waals surface area contributed by atoms with Crippen LogP contribution in [0, 0.1) is 0 Å². The fourth-order valence-electron chi connectivity index (χ4n) is 3.44. The van der Waals surface area contributed by atoms with Gasteiger partial charge in [-0.2, -0.15) is 0 Å². The number of anilines is 1. The number of hydrogen-bond donors (Lipinski definition) is 2. The van der Waals surface area contributed by atoms with Gasteiger partial charge in [-0.3, -0.25) is 4.79 Å². The summed E-state index contributed by atoms with van der Waals surface area (Å²) in [6.07, 6.45) is 0.822. The second-order valence-electron chi connectivity index (χ2n) is 7.10. The van der Waals surface area contributed by atoms with Gasteiger partial charge in [0.05, 0.1) is 30.1 Å². The number of carbonyl (C=O) groups is 2. The van der Waals surface area contributed by atoms with Gasteiger partial charge in [0.2, 0.25) is 0 Å². The predicted octanol–water partition coefficient (Wildman–Crippen LogP) is 3.25. The smallest absolute Gasteiger partial charge is 0.341 e. The molecule has 0 saturated carbocycles. The van der Waals surface area contributed by atoms with Crippen molar-refractivity contribution >= 4 is 40.0 Å². The van der Waals surface area contributed by atoms with Crippen molar-refractivity contribution < 1.29 is 19.2 Å². The van der Waals surface area contributed by atoms with Gasteiger partial charge in [0.25, 0.3) is 5.91 Å². The van der Waals surface area contributed by atoms with Crippen LogP contribution in [0.5, 0.6) is 0 Å². The van der Waals surface area contributed by atoms with Crippen LogP contribution in [0.25, 0.3) is 0 Å². The summed E-state index contributed by atoms with van der Waals surface area (Å²) in [5.41, 5.74) is 2.14. The maximum atomic E-state index is 12.8. The molecule has 0 bridgehead atoms. The highest BCUT2D eigenvalue weighted by Crippen LogP contribution is 2.35. The highest BCUT2D eigenvalue weighted by atomic mass is 32.2. The van der Waals surface area contributed by atoms with Crippen molar-refractivity contribution in [1.82, 2.24) is 0 Å². The first-order valence-electron chi connectivity index (χ1n) is 9.56. The van der Waals surface area contributed by atoms with Gasteiger partial charge in [-0.1, -0.05) is 6.92 Å². The van der Waals surface area contributed by atoms with Gasteiger partial charge in [0.1, 0.15) is 11.5 Å². The van der Waals surface area contributed by atoms with Gasteiger partial charge in [-0.15, -0.1) is 23.1 Å². The Balaban J connectivity index is 1.86. The average Bonchev–Trinajstić information content (AvgIpc) is 3.05. The van der Waals surface area contributed by atoms with Crippen LogP contribution in [-0.2, 0) is 17.7 Å². The van der Waals surface area contributed by atoms with Crippen molar-refractivity contribution in [3.05, 3.63) is 45.8 Å². The van der Waals surface area contributed by atoms with Gasteiger partial charge in [-0.25, -0.2) is 4.79 Å². The zero-order valence-corrected chi connectivity index (χ0v) is 18.4. The lowest BCUT2D eigenvalue weighted by atomic mass is 10.0. The lowest BCUT2D eigenvalue weighted by Gasteiger charge is -2.27. The molecule has 0 fully saturated rings. The van der Waals surface area contributed by atoms with Crippen molar-refractivity contribution in [3.63, 3.8) is 0 Å². The number of quaternary nitrogens is 1. The third kappa shape index (κ3) is 4.42. The van der Waals surface area contributed by atoms with Gasteiger partial charge in [-0.05, 0) is 49.4 Å². The van der Waals surface area contributed by atoms with E-state index < -0.39 is 0 Å². The number of hydrogen-bond acceptors (Lipinski definition) is 5. The van der Waals surface area contributed by atoms with Crippen LogP contribution < -0.4 is 10.2 Å². The van der Waals surface area contributed by atoms with E-state index in [0.29, 0.717) is 22.2 Å². The van der Waals surface area contributed by atoms with Crippen molar-refractivity contribution in [1.29, 1.82) is 0 Å². The summed E-state index contributed by atoms with van der Waals surface area (Å²) in [6.45, 7) is 8.37. The first-order chi connectivity index (χ1) is 13.4. The maximum Gasteiger partial charge on any atom is 0.341 e. The third-order valence-corrected chi connectivity index (χ3v) is 7.08. The first kappa shape index (κ1) is 20.9. The molecule has 0 spiro atoms. The molecule has 28 heavy (non-hydrogen) atoms. The van der Waals surface area contributed by atoms with Crippen LogP contribution in [0.2, 0.25) is 0 Å². The molecule has 1 aromatic heterocycles. The standard InChI is InChI=1S/C21H26N2O3S2/c1-5-27-15-8-6-14(7-9-15)19(24)22-20-18(21(25)26-4)16-10-11-23(13(2)3)12-17(16)28-20/h6-9,13H,5,10-12H2,1-4H3,(H,22,24)/p+1. The van der Waals surface area contributed by atoms with E-state index in [0.717, 1.165) is 35.7 Å². The highest BCUT2D eigenvalue weighted by molar-refractivity contribution is 7.99. The summed E-state index contributed by atoms with van der Waals surface area (Å²) >= 11 is 3.24. The fraction of sp³-hybridized carbons (Fsp3) is 0.429. The van der Waals surface area contributed by atoms with E-state index in [9.17, 15) is 9.59 Å². The predicted molar refractivity (Wildman–Crippen MR) is 115 cm³/mol. The topological polar surface area (TPSA) is 59.8 Å². The second-order valence-corrected chi connectivity index (χ2v) is 9.54. The number of benzene rings is 1. The number of amides is 1. The van der Waals surface area contributed by atoms with Crippen LogP contribution in [0.1, 0.15) is 51.9 Å². The first-order valence-corrected chi connectivity index (χ1v) is 11.4. The van der Waals surface area contributed by atoms with Gasteiger partial charge >= 0.3 is 5.97 Å². The number of carbonyl (C=O) groups excluding carboxylic acids is 2. The lowest BCUT2D eigenvalue weighted by Crippen LogP contribution is -3.14. The molecule has 150 valence electrons. The second kappa shape index (κ2) is 9.11. The largest absolute Gasteiger partial charge is 0.465 e. The van der Waals surface area contributed by atoms with E-state index in [1.165, 1.54) is 28.2 Å². The molecule has 1 aliphatic rings. The monoisotopic (exact) mass is 419 g/mol. The number of rotatable bonds is 6. The Kier molecular flexibility index (Phi) is 6.80. The number of ether oxygens (including phenoxy) is 1. The van der Waals surface area contributed by atoms with Crippen LogP contribution in [0.4, 0.5) is 5.00 Å². The Morgan fingerprint density at radius 3 is 2.61 bits per heavy atom. The summed E-state index contributed by atoms with van der Waals surface area (Å²) in [4.78, 5) is 29.0. The number of thioether (sulfide) groups is 1. The zero-order chi connectivity index (χ0) is 20.3. The Labute approximate surface area is 174 Å². The van der Waals surface area contributed by atoms with Crippen LogP contribution in [0.3, 0.4) is 0 Å². The van der Waals surface area contributed by atoms with Crippen LogP contribution in [-0.4, -0.2) is 37.3 Å². The van der Waals surface area contributed by atoms with E-state index in [2.05, 4.69) is 26.1 Å². The Morgan fingerprint density at radius 1 is 1.29 bits per heavy atom. The minimum Gasteiger partial charge on any atom is -0.465 e. The molecule has 0 aliphatic carbocycles. The Bertz CT molecular complexity index is 859. The molecule has 1 unspecified atom stereocenters. The Hall–Kier alpha value is -1.83. The minimum atomic E-state index is -0.379. The van der Waals surface area contributed by atoms with Crippen molar-refractivity contribution in [2.24, 2.45) is 0 Å². The number of methoxy groups -OCH3 is 1. The van der Waals surface area contributed by atoms with E-state index in [1.807, 2.05) is 24.3 Å². The summed E-state index contributed by atoms with van der Waals surface area (Å²) in [5.74, 6) is 0.407. The highest BCUT2D eigenvalue weighted by Gasteiger charge is 2.32.